The predicted octanol–water partition coefficient (Wildman–Crippen LogP) is 5.28. The smallest absolute Gasteiger partial charge is 0.306 e. The molecule has 0 spiro atoms. The Morgan fingerprint density at radius 1 is 1.37 bits per heavy atom. The van der Waals surface area contributed by atoms with Crippen molar-refractivity contribution in [1.29, 1.82) is 0 Å². The summed E-state index contributed by atoms with van der Waals surface area (Å²) in [6.45, 7) is 3.19. The summed E-state index contributed by atoms with van der Waals surface area (Å²) < 4.78 is 19.1. The number of nitrogens with zero attached hydrogens (tertiary/aromatic N) is 1. The number of rotatable bonds is 6. The molecule has 0 saturated heterocycles. The van der Waals surface area contributed by atoms with Crippen molar-refractivity contribution in [2.24, 2.45) is 5.92 Å². The van der Waals surface area contributed by atoms with Crippen LogP contribution in [0.15, 0.2) is 46.2 Å². The highest BCUT2D eigenvalue weighted by Crippen LogP contribution is 2.44. The quantitative estimate of drug-likeness (QED) is 0.658. The van der Waals surface area contributed by atoms with Crippen LogP contribution in [-0.4, -0.2) is 36.2 Å². The average Bonchev–Trinajstić information content (AvgIpc) is 2.80. The lowest BCUT2D eigenvalue weighted by molar-refractivity contribution is -0.137. The molecule has 1 aliphatic rings. The summed E-state index contributed by atoms with van der Waals surface area (Å²) in [6, 6.07) is 10.7. The monoisotopic (exact) mass is 407 g/mol. The van der Waals surface area contributed by atoms with Crippen LogP contribution in [-0.2, 0) is 4.79 Å². The molecule has 4 nitrogen and oxygen atoms in total. The van der Waals surface area contributed by atoms with Crippen molar-refractivity contribution in [3.8, 4) is 5.75 Å². The maximum Gasteiger partial charge on any atom is 0.306 e. The number of hydrogen-bond acceptors (Lipinski definition) is 5. The van der Waals surface area contributed by atoms with Gasteiger partial charge in [-0.15, -0.1) is 23.5 Å². The number of halogens is 1. The van der Waals surface area contributed by atoms with Gasteiger partial charge in [-0.05, 0) is 48.6 Å². The summed E-state index contributed by atoms with van der Waals surface area (Å²) in [5, 5.41) is 8.83. The van der Waals surface area contributed by atoms with Gasteiger partial charge in [0, 0.05) is 22.9 Å². The van der Waals surface area contributed by atoms with Gasteiger partial charge in [0.05, 0.1) is 23.6 Å². The highest BCUT2D eigenvalue weighted by molar-refractivity contribution is 7.99. The molecule has 7 heteroatoms. The maximum absolute atomic E-state index is 13.4. The molecule has 0 aromatic heterocycles. The number of hydrogen-bond donors (Lipinski definition) is 1. The van der Waals surface area contributed by atoms with E-state index in [0.29, 0.717) is 11.7 Å². The third-order valence-corrected chi connectivity index (χ3v) is 6.40. The lowest BCUT2D eigenvalue weighted by Crippen LogP contribution is -2.23. The second-order valence-electron chi connectivity index (χ2n) is 6.47. The van der Waals surface area contributed by atoms with Gasteiger partial charge >= 0.3 is 5.97 Å². The zero-order chi connectivity index (χ0) is 19.4. The van der Waals surface area contributed by atoms with Crippen LogP contribution in [0.3, 0.4) is 0 Å². The van der Waals surface area contributed by atoms with E-state index in [1.807, 2.05) is 12.3 Å². The number of aliphatic carboxylic acids is 1. The van der Waals surface area contributed by atoms with E-state index in [1.165, 1.54) is 12.1 Å². The number of carboxylic acid groups (broad SMARTS) is 1. The summed E-state index contributed by atoms with van der Waals surface area (Å²) in [4.78, 5) is 15.0. The standard InChI is InChI=1S/C20H22FNO3S2/c1-13-11-22(15-5-3-14(21)4-6-15)16-9-19(26-2)17(10-18(16)27-12-13)25-8-7-20(23)24/h3-6,9-10,13H,7-8,11-12H2,1-2H3,(H,23,24). The number of fused-ring (bicyclic) bond motifs is 1. The minimum atomic E-state index is -0.874. The van der Waals surface area contributed by atoms with Crippen LogP contribution in [0.5, 0.6) is 5.75 Å². The molecule has 0 saturated carbocycles. The molecule has 2 aromatic carbocycles. The molecule has 0 fully saturated rings. The van der Waals surface area contributed by atoms with Gasteiger partial charge in [0.15, 0.2) is 0 Å². The Bertz CT molecular complexity index is 814. The SMILES string of the molecule is CSc1cc2c(cc1OCCC(=O)O)SCC(C)CN2c1ccc(F)cc1. The molecule has 144 valence electrons. The van der Waals surface area contributed by atoms with Crippen LogP contribution in [0.4, 0.5) is 15.8 Å². The van der Waals surface area contributed by atoms with Crippen LogP contribution in [0, 0.1) is 11.7 Å². The van der Waals surface area contributed by atoms with Crippen LogP contribution in [0.1, 0.15) is 13.3 Å². The Labute approximate surface area is 167 Å². The molecule has 0 bridgehead atoms. The molecule has 1 atom stereocenters. The molecule has 1 heterocycles. The first kappa shape index (κ1) is 19.9. The summed E-state index contributed by atoms with van der Waals surface area (Å²) >= 11 is 3.34. The van der Waals surface area contributed by atoms with Gasteiger partial charge in [0.1, 0.15) is 11.6 Å². The second-order valence-corrected chi connectivity index (χ2v) is 8.38. The topological polar surface area (TPSA) is 49.8 Å². The first-order valence-corrected chi connectivity index (χ1v) is 10.9. The Hall–Kier alpha value is -1.86. The van der Waals surface area contributed by atoms with Gasteiger partial charge in [-0.3, -0.25) is 4.79 Å². The van der Waals surface area contributed by atoms with Crippen LogP contribution < -0.4 is 9.64 Å². The first-order chi connectivity index (χ1) is 13.0. The van der Waals surface area contributed by atoms with Crippen LogP contribution >= 0.6 is 23.5 Å². The van der Waals surface area contributed by atoms with E-state index in [4.69, 9.17) is 9.84 Å². The Balaban J connectivity index is 1.98. The van der Waals surface area contributed by atoms with Crippen molar-refractivity contribution in [3.63, 3.8) is 0 Å². The first-order valence-electron chi connectivity index (χ1n) is 8.70. The third-order valence-electron chi connectivity index (χ3n) is 4.27. The molecule has 1 N–H and O–H groups in total. The maximum atomic E-state index is 13.4. The zero-order valence-electron chi connectivity index (χ0n) is 15.3. The molecule has 0 radical (unpaired) electrons. The number of ether oxygens (including phenoxy) is 1. The number of carboxylic acids is 1. The van der Waals surface area contributed by atoms with Gasteiger partial charge in [-0.2, -0.15) is 0 Å². The molecule has 0 amide bonds. The number of anilines is 2. The molecule has 1 aliphatic heterocycles. The fourth-order valence-corrected chi connectivity index (χ4v) is 4.56. The predicted molar refractivity (Wildman–Crippen MR) is 109 cm³/mol. The Morgan fingerprint density at radius 2 is 2.11 bits per heavy atom. The zero-order valence-corrected chi connectivity index (χ0v) is 16.9. The second kappa shape index (κ2) is 8.89. The van der Waals surface area contributed by atoms with Gasteiger partial charge in [0.25, 0.3) is 0 Å². The lowest BCUT2D eigenvalue weighted by atomic mass is 10.1. The van der Waals surface area contributed by atoms with Crippen LogP contribution in [0.2, 0.25) is 0 Å². The fourth-order valence-electron chi connectivity index (χ4n) is 2.94. The number of thioether (sulfide) groups is 2. The molecule has 2 aromatic rings. The van der Waals surface area contributed by atoms with Gasteiger partial charge in [0.2, 0.25) is 0 Å². The number of carbonyl (C=O) groups is 1. The molecule has 3 rings (SSSR count). The van der Waals surface area contributed by atoms with E-state index >= 15 is 0 Å². The van der Waals surface area contributed by atoms with E-state index in [-0.39, 0.29) is 18.8 Å². The summed E-state index contributed by atoms with van der Waals surface area (Å²) in [6.07, 6.45) is 1.94. The van der Waals surface area contributed by atoms with Crippen molar-refractivity contribution < 1.29 is 19.0 Å². The minimum Gasteiger partial charge on any atom is -0.492 e. The third kappa shape index (κ3) is 4.90. The van der Waals surface area contributed by atoms with E-state index in [0.717, 1.165) is 33.5 Å². The van der Waals surface area contributed by atoms with Crippen molar-refractivity contribution in [2.45, 2.75) is 23.1 Å². The Kier molecular flexibility index (Phi) is 6.55. The molecule has 0 aliphatic carbocycles. The van der Waals surface area contributed by atoms with Crippen molar-refractivity contribution in [3.05, 3.63) is 42.2 Å². The van der Waals surface area contributed by atoms with E-state index < -0.39 is 5.97 Å². The lowest BCUT2D eigenvalue weighted by Gasteiger charge is -2.27. The highest BCUT2D eigenvalue weighted by atomic mass is 32.2. The summed E-state index contributed by atoms with van der Waals surface area (Å²) in [7, 11) is 0. The molecular formula is C20H22FNO3S2. The van der Waals surface area contributed by atoms with Gasteiger partial charge in [-0.25, -0.2) is 4.39 Å². The molecule has 27 heavy (non-hydrogen) atoms. The fraction of sp³-hybridized carbons (Fsp3) is 0.350. The highest BCUT2D eigenvalue weighted by Gasteiger charge is 2.23. The normalized spacial score (nSPS) is 16.6. The van der Waals surface area contributed by atoms with Gasteiger partial charge in [-0.1, -0.05) is 6.92 Å². The van der Waals surface area contributed by atoms with Crippen molar-refractivity contribution in [2.75, 3.05) is 30.1 Å². The van der Waals surface area contributed by atoms with Crippen molar-refractivity contribution in [1.82, 2.24) is 0 Å². The molecule has 1 unspecified atom stereocenters. The van der Waals surface area contributed by atoms with Crippen molar-refractivity contribution >= 4 is 40.9 Å². The van der Waals surface area contributed by atoms with E-state index in [2.05, 4.69) is 17.9 Å². The summed E-state index contributed by atoms with van der Waals surface area (Å²) in [5.41, 5.74) is 2.03. The average molecular weight is 408 g/mol. The Morgan fingerprint density at radius 3 is 2.78 bits per heavy atom. The molecular weight excluding hydrogens is 385 g/mol. The van der Waals surface area contributed by atoms with Crippen LogP contribution in [0.25, 0.3) is 0 Å². The van der Waals surface area contributed by atoms with E-state index in [1.54, 1.807) is 35.7 Å². The largest absolute Gasteiger partial charge is 0.492 e. The summed E-state index contributed by atoms with van der Waals surface area (Å²) in [5.74, 6) is 1.02. The number of benzene rings is 2. The van der Waals surface area contributed by atoms with E-state index in [9.17, 15) is 9.18 Å². The minimum absolute atomic E-state index is 0.0310. The van der Waals surface area contributed by atoms with Gasteiger partial charge < -0.3 is 14.7 Å².